The number of methoxy groups -OCH3 is 1. The van der Waals surface area contributed by atoms with Gasteiger partial charge in [0.2, 0.25) is 5.95 Å². The highest BCUT2D eigenvalue weighted by Crippen LogP contribution is 2.30. The van der Waals surface area contributed by atoms with Crippen LogP contribution in [0.4, 0.5) is 11.6 Å². The van der Waals surface area contributed by atoms with E-state index in [-0.39, 0.29) is 24.8 Å². The van der Waals surface area contributed by atoms with Gasteiger partial charge in [-0.15, -0.1) is 0 Å². The fraction of sp³-hybridized carbons (Fsp3) is 0.538. The highest BCUT2D eigenvalue weighted by atomic mass is 16.5. The Morgan fingerprint density at radius 2 is 1.97 bits per heavy atom. The molecular formula is C26H39N5O5. The van der Waals surface area contributed by atoms with Crippen molar-refractivity contribution >= 4 is 28.6 Å². The molecule has 36 heavy (non-hydrogen) atoms. The van der Waals surface area contributed by atoms with Gasteiger partial charge < -0.3 is 29.9 Å². The number of fused-ring (bicyclic) bond motifs is 1. The Labute approximate surface area is 213 Å². The van der Waals surface area contributed by atoms with Gasteiger partial charge in [0.1, 0.15) is 11.0 Å². The van der Waals surface area contributed by atoms with Gasteiger partial charge in [-0.1, -0.05) is 45.9 Å². The van der Waals surface area contributed by atoms with Crippen molar-refractivity contribution in [3.63, 3.8) is 0 Å². The Hall–Kier alpha value is -3.08. The molecule has 10 nitrogen and oxygen atoms in total. The van der Waals surface area contributed by atoms with Crippen LogP contribution < -0.4 is 10.2 Å². The Morgan fingerprint density at radius 1 is 1.25 bits per heavy atom. The van der Waals surface area contributed by atoms with Gasteiger partial charge in [0.25, 0.3) is 0 Å². The standard InChI is InChI=1S/C24H33N5O5.C2H6/c1-4-17(15-33-3)7-5-6-16(2)20-22-21(28-24(27-20)29-9-12-34-13-10-29)18(25-8-11-30)14-19(26-22)23(31)32;1-2/h5-7,14,16,30H,4,8-13,15H2,1-3H3,(H,25,26)(H,31,32);1-2H3/b6-5-,17-7+;. The summed E-state index contributed by atoms with van der Waals surface area (Å²) in [4.78, 5) is 27.8. The molecule has 1 saturated heterocycles. The largest absolute Gasteiger partial charge is 0.477 e. The molecule has 10 heteroatoms. The minimum atomic E-state index is -1.14. The number of aliphatic hydroxyl groups excluding tert-OH is 1. The SMILES string of the molecule is CC.CC/C(=C\C=C/C(C)c1nc(N2CCOCC2)nc2c(NCCO)cc(C(=O)O)nc12)COC. The molecule has 0 aliphatic carbocycles. The summed E-state index contributed by atoms with van der Waals surface area (Å²) in [5.41, 5.74) is 3.13. The highest BCUT2D eigenvalue weighted by molar-refractivity contribution is 5.96. The van der Waals surface area contributed by atoms with Crippen LogP contribution in [0.1, 0.15) is 56.2 Å². The zero-order valence-corrected chi connectivity index (χ0v) is 22.0. The number of anilines is 2. The molecule has 1 unspecified atom stereocenters. The number of hydrogen-bond donors (Lipinski definition) is 3. The third kappa shape index (κ3) is 7.71. The second-order valence-electron chi connectivity index (χ2n) is 8.00. The van der Waals surface area contributed by atoms with Crippen LogP contribution in [0, 0.1) is 0 Å². The molecule has 0 bridgehead atoms. The van der Waals surface area contributed by atoms with Gasteiger partial charge >= 0.3 is 5.97 Å². The summed E-state index contributed by atoms with van der Waals surface area (Å²) in [7, 11) is 1.67. The van der Waals surface area contributed by atoms with E-state index in [4.69, 9.17) is 19.4 Å². The lowest BCUT2D eigenvalue weighted by atomic mass is 10.0. The molecule has 198 valence electrons. The van der Waals surface area contributed by atoms with E-state index in [0.717, 1.165) is 12.0 Å². The van der Waals surface area contributed by atoms with E-state index in [1.807, 2.05) is 39.0 Å². The molecule has 3 rings (SSSR count). The second kappa shape index (κ2) is 15.1. The molecule has 2 aromatic heterocycles. The molecule has 0 amide bonds. The Morgan fingerprint density at radius 3 is 2.58 bits per heavy atom. The van der Waals surface area contributed by atoms with Gasteiger partial charge in [-0.25, -0.2) is 19.7 Å². The van der Waals surface area contributed by atoms with Gasteiger partial charge in [-0.05, 0) is 18.1 Å². The summed E-state index contributed by atoms with van der Waals surface area (Å²) >= 11 is 0. The van der Waals surface area contributed by atoms with Crippen molar-refractivity contribution in [1.29, 1.82) is 0 Å². The molecule has 3 heterocycles. The highest BCUT2D eigenvalue weighted by Gasteiger charge is 2.22. The maximum Gasteiger partial charge on any atom is 0.354 e. The number of nitrogens with one attached hydrogen (secondary N) is 1. The first-order chi connectivity index (χ1) is 17.5. The number of morpholine rings is 1. The van der Waals surface area contributed by atoms with Crippen molar-refractivity contribution in [3.05, 3.63) is 41.3 Å². The van der Waals surface area contributed by atoms with Crippen LogP contribution in [0.25, 0.3) is 11.0 Å². The zero-order chi connectivity index (χ0) is 26.5. The lowest BCUT2D eigenvalue weighted by Gasteiger charge is -2.28. The molecular weight excluding hydrogens is 462 g/mol. The summed E-state index contributed by atoms with van der Waals surface area (Å²) in [5.74, 6) is -0.757. The van der Waals surface area contributed by atoms with E-state index < -0.39 is 5.97 Å². The number of nitrogens with zero attached hydrogens (tertiary/aromatic N) is 4. The molecule has 0 spiro atoms. The van der Waals surface area contributed by atoms with Gasteiger partial charge in [0.15, 0.2) is 5.69 Å². The number of aliphatic hydroxyl groups is 1. The van der Waals surface area contributed by atoms with Crippen LogP contribution in [0.2, 0.25) is 0 Å². The summed E-state index contributed by atoms with van der Waals surface area (Å²) in [5, 5.41) is 22.0. The van der Waals surface area contributed by atoms with Crippen LogP contribution in [-0.4, -0.2) is 84.3 Å². The van der Waals surface area contributed by atoms with Gasteiger partial charge in [-0.2, -0.15) is 0 Å². The molecule has 0 radical (unpaired) electrons. The number of allylic oxidation sites excluding steroid dienone is 3. The third-order valence-electron chi connectivity index (χ3n) is 5.55. The lowest BCUT2D eigenvalue weighted by Crippen LogP contribution is -2.37. The van der Waals surface area contributed by atoms with E-state index in [9.17, 15) is 15.0 Å². The van der Waals surface area contributed by atoms with Gasteiger partial charge in [-0.3, -0.25) is 0 Å². The number of rotatable bonds is 11. The number of pyridine rings is 1. The normalized spacial score (nSPS) is 15.1. The third-order valence-corrected chi connectivity index (χ3v) is 5.55. The summed E-state index contributed by atoms with van der Waals surface area (Å²) < 4.78 is 10.7. The smallest absolute Gasteiger partial charge is 0.354 e. The molecule has 2 aromatic rings. The molecule has 1 atom stereocenters. The molecule has 0 saturated carbocycles. The van der Waals surface area contributed by atoms with E-state index >= 15 is 0 Å². The van der Waals surface area contributed by atoms with Crippen LogP contribution in [-0.2, 0) is 9.47 Å². The Kier molecular flexibility index (Phi) is 12.2. The zero-order valence-electron chi connectivity index (χ0n) is 22.0. The van der Waals surface area contributed by atoms with Crippen molar-refractivity contribution in [1.82, 2.24) is 15.0 Å². The number of carboxylic acids is 1. The van der Waals surface area contributed by atoms with Crippen LogP contribution in [0.3, 0.4) is 0 Å². The number of ether oxygens (including phenoxy) is 2. The average molecular weight is 502 g/mol. The predicted octanol–water partition coefficient (Wildman–Crippen LogP) is 3.63. The summed E-state index contributed by atoms with van der Waals surface area (Å²) in [6, 6.07) is 1.45. The molecule has 1 aliphatic rings. The number of carbonyl (C=O) groups is 1. The lowest BCUT2D eigenvalue weighted by molar-refractivity contribution is 0.0691. The van der Waals surface area contributed by atoms with Crippen LogP contribution in [0.5, 0.6) is 0 Å². The summed E-state index contributed by atoms with van der Waals surface area (Å²) in [6.45, 7) is 11.3. The molecule has 0 aromatic carbocycles. The van der Waals surface area contributed by atoms with Crippen molar-refractivity contribution in [2.45, 2.75) is 40.0 Å². The van der Waals surface area contributed by atoms with Crippen LogP contribution >= 0.6 is 0 Å². The second-order valence-corrected chi connectivity index (χ2v) is 8.00. The first-order valence-electron chi connectivity index (χ1n) is 12.5. The first kappa shape index (κ1) is 29.2. The Balaban J connectivity index is 0.00000222. The predicted molar refractivity (Wildman–Crippen MR) is 142 cm³/mol. The number of aromatic carboxylic acids is 1. The van der Waals surface area contributed by atoms with Crippen molar-refractivity contribution < 1.29 is 24.5 Å². The first-order valence-corrected chi connectivity index (χ1v) is 12.5. The number of carboxylic acid groups (broad SMARTS) is 1. The van der Waals surface area contributed by atoms with E-state index in [0.29, 0.717) is 61.3 Å². The fourth-order valence-corrected chi connectivity index (χ4v) is 3.68. The van der Waals surface area contributed by atoms with E-state index in [1.165, 1.54) is 6.07 Å². The van der Waals surface area contributed by atoms with Gasteiger partial charge in [0, 0.05) is 32.7 Å². The van der Waals surface area contributed by atoms with Gasteiger partial charge in [0.05, 0.1) is 37.8 Å². The molecule has 1 fully saturated rings. The van der Waals surface area contributed by atoms with E-state index in [1.54, 1.807) is 7.11 Å². The topological polar surface area (TPSA) is 130 Å². The minimum absolute atomic E-state index is 0.104. The number of hydrogen-bond acceptors (Lipinski definition) is 9. The average Bonchev–Trinajstić information content (AvgIpc) is 2.91. The molecule has 3 N–H and O–H groups in total. The fourth-order valence-electron chi connectivity index (χ4n) is 3.68. The maximum absolute atomic E-state index is 11.8. The van der Waals surface area contributed by atoms with Crippen molar-refractivity contribution in [2.75, 3.05) is 63.4 Å². The van der Waals surface area contributed by atoms with Crippen molar-refractivity contribution in [2.24, 2.45) is 0 Å². The summed E-state index contributed by atoms with van der Waals surface area (Å²) in [6.07, 6.45) is 6.88. The molecule has 1 aliphatic heterocycles. The number of aromatic nitrogens is 3. The quantitative estimate of drug-likeness (QED) is 0.392. The van der Waals surface area contributed by atoms with Crippen LogP contribution in [0.15, 0.2) is 29.9 Å². The van der Waals surface area contributed by atoms with Crippen molar-refractivity contribution in [3.8, 4) is 0 Å². The van der Waals surface area contributed by atoms with E-state index in [2.05, 4.69) is 22.1 Å². The Bertz CT molecular complexity index is 1050. The minimum Gasteiger partial charge on any atom is -0.477 e. The monoisotopic (exact) mass is 501 g/mol. The maximum atomic E-state index is 11.8.